The lowest BCUT2D eigenvalue weighted by Crippen LogP contribution is -2.51. The Bertz CT molecular complexity index is 804. The van der Waals surface area contributed by atoms with Crippen molar-refractivity contribution in [3.63, 3.8) is 0 Å². The molecule has 2 fully saturated rings. The van der Waals surface area contributed by atoms with E-state index in [1.54, 1.807) is 11.8 Å². The Labute approximate surface area is 170 Å². The first-order chi connectivity index (χ1) is 13.7. The van der Waals surface area contributed by atoms with Crippen LogP contribution in [0.5, 0.6) is 0 Å². The van der Waals surface area contributed by atoms with Gasteiger partial charge in [0.2, 0.25) is 11.8 Å². The summed E-state index contributed by atoms with van der Waals surface area (Å²) in [5.41, 5.74) is 1.27. The van der Waals surface area contributed by atoms with Crippen molar-refractivity contribution in [3.8, 4) is 0 Å². The summed E-state index contributed by atoms with van der Waals surface area (Å²) in [4.78, 5) is 30.3. The molecule has 2 atom stereocenters. The first-order valence-corrected chi connectivity index (χ1v) is 11.0. The largest absolute Gasteiger partial charge is 0.339 e. The van der Waals surface area contributed by atoms with Gasteiger partial charge in [-0.15, -0.1) is 11.8 Å². The summed E-state index contributed by atoms with van der Waals surface area (Å²) >= 11 is 1.72. The van der Waals surface area contributed by atoms with Gasteiger partial charge in [0.25, 0.3) is 0 Å². The van der Waals surface area contributed by atoms with E-state index in [9.17, 15) is 9.59 Å². The first-order valence-electron chi connectivity index (χ1n) is 10.0. The van der Waals surface area contributed by atoms with Crippen LogP contribution < -0.4 is 0 Å². The molecule has 1 aliphatic heterocycles. The zero-order chi connectivity index (χ0) is 19.3. The maximum atomic E-state index is 12.8. The topological polar surface area (TPSA) is 40.6 Å². The van der Waals surface area contributed by atoms with Gasteiger partial charge in [-0.25, -0.2) is 0 Å². The fraction of sp³-hybridized carbons (Fsp3) is 0.391. The van der Waals surface area contributed by atoms with Gasteiger partial charge in [0.05, 0.1) is 0 Å². The molecular weight excluding hydrogens is 368 g/mol. The van der Waals surface area contributed by atoms with Crippen LogP contribution in [0.4, 0.5) is 0 Å². The molecular formula is C23H26N2O2S. The van der Waals surface area contributed by atoms with E-state index in [2.05, 4.69) is 24.3 Å². The Kier molecular flexibility index (Phi) is 6.01. The van der Waals surface area contributed by atoms with Gasteiger partial charge in [0.15, 0.2) is 0 Å². The Morgan fingerprint density at radius 1 is 0.857 bits per heavy atom. The van der Waals surface area contributed by atoms with Crippen molar-refractivity contribution in [3.05, 3.63) is 66.2 Å². The summed E-state index contributed by atoms with van der Waals surface area (Å²) < 4.78 is 0. The molecule has 0 aromatic heterocycles. The first kappa shape index (κ1) is 19.1. The monoisotopic (exact) mass is 394 g/mol. The predicted molar refractivity (Wildman–Crippen MR) is 112 cm³/mol. The Balaban J connectivity index is 1.19. The van der Waals surface area contributed by atoms with Crippen LogP contribution in [0.15, 0.2) is 65.6 Å². The minimum absolute atomic E-state index is 0.131. The van der Waals surface area contributed by atoms with E-state index in [1.165, 1.54) is 10.5 Å². The summed E-state index contributed by atoms with van der Waals surface area (Å²) in [5.74, 6) is 1.77. The number of benzene rings is 2. The molecule has 2 amide bonds. The number of thioether (sulfide) groups is 1. The van der Waals surface area contributed by atoms with Crippen LogP contribution >= 0.6 is 11.8 Å². The van der Waals surface area contributed by atoms with Crippen molar-refractivity contribution in [1.82, 2.24) is 9.80 Å². The van der Waals surface area contributed by atoms with Gasteiger partial charge in [-0.3, -0.25) is 9.59 Å². The number of amides is 2. The van der Waals surface area contributed by atoms with Crippen molar-refractivity contribution < 1.29 is 9.59 Å². The van der Waals surface area contributed by atoms with Crippen molar-refractivity contribution in [2.75, 3.05) is 31.9 Å². The third kappa shape index (κ3) is 4.58. The third-order valence-corrected chi connectivity index (χ3v) is 6.62. The van der Waals surface area contributed by atoms with Gasteiger partial charge in [-0.2, -0.15) is 0 Å². The van der Waals surface area contributed by atoms with Gasteiger partial charge in [-0.05, 0) is 30.0 Å². The number of carbonyl (C=O) groups excluding carboxylic acids is 2. The summed E-state index contributed by atoms with van der Waals surface area (Å²) in [5, 5.41) is 0. The van der Waals surface area contributed by atoms with E-state index < -0.39 is 0 Å². The lowest BCUT2D eigenvalue weighted by atomic mass is 10.1. The molecule has 4 rings (SSSR count). The molecule has 2 unspecified atom stereocenters. The Hall–Kier alpha value is -2.27. The van der Waals surface area contributed by atoms with Gasteiger partial charge >= 0.3 is 0 Å². The number of carbonyl (C=O) groups is 2. The molecule has 0 bridgehead atoms. The number of hydrogen-bond acceptors (Lipinski definition) is 3. The minimum atomic E-state index is 0.131. The highest BCUT2D eigenvalue weighted by atomic mass is 32.2. The van der Waals surface area contributed by atoms with Crippen LogP contribution in [-0.2, 0) is 9.59 Å². The fourth-order valence-electron chi connectivity index (χ4n) is 3.88. The van der Waals surface area contributed by atoms with E-state index >= 15 is 0 Å². The zero-order valence-corrected chi connectivity index (χ0v) is 16.8. The van der Waals surface area contributed by atoms with E-state index in [0.29, 0.717) is 38.5 Å². The van der Waals surface area contributed by atoms with Crippen molar-refractivity contribution in [2.45, 2.75) is 23.7 Å². The smallest absolute Gasteiger partial charge is 0.226 e. The summed E-state index contributed by atoms with van der Waals surface area (Å²) in [6.07, 6.45) is 1.50. The summed E-state index contributed by atoms with van der Waals surface area (Å²) in [6.45, 7) is 2.63. The molecule has 1 heterocycles. The number of hydrogen-bond donors (Lipinski definition) is 0. The van der Waals surface area contributed by atoms with Gasteiger partial charge in [0.1, 0.15) is 0 Å². The molecule has 2 aromatic carbocycles. The molecule has 5 heteroatoms. The molecule has 28 heavy (non-hydrogen) atoms. The Morgan fingerprint density at radius 2 is 1.46 bits per heavy atom. The van der Waals surface area contributed by atoms with Crippen LogP contribution in [0.2, 0.25) is 0 Å². The van der Waals surface area contributed by atoms with E-state index in [1.807, 2.05) is 46.2 Å². The fourth-order valence-corrected chi connectivity index (χ4v) is 4.74. The third-order valence-electron chi connectivity index (χ3n) is 5.61. The maximum Gasteiger partial charge on any atom is 0.226 e. The zero-order valence-electron chi connectivity index (χ0n) is 16.0. The van der Waals surface area contributed by atoms with Gasteiger partial charge < -0.3 is 9.80 Å². The standard InChI is InChI=1S/C23H26N2O2S/c26-22(11-16-28-19-9-5-2-6-10-19)24-12-14-25(15-13-24)23(27)21-17-20(21)18-7-3-1-4-8-18/h1-10,20-21H,11-17H2. The van der Waals surface area contributed by atoms with E-state index in [4.69, 9.17) is 0 Å². The molecule has 4 nitrogen and oxygen atoms in total. The average molecular weight is 395 g/mol. The number of piperazine rings is 1. The summed E-state index contributed by atoms with van der Waals surface area (Å²) in [7, 11) is 0. The SMILES string of the molecule is O=C(CCSc1ccccc1)N1CCN(C(=O)C2CC2c2ccccc2)CC1. The molecule has 0 N–H and O–H groups in total. The minimum Gasteiger partial charge on any atom is -0.339 e. The molecule has 146 valence electrons. The van der Waals surface area contributed by atoms with Crippen LogP contribution in [0.1, 0.15) is 24.3 Å². The average Bonchev–Trinajstić information content (AvgIpc) is 3.56. The highest BCUT2D eigenvalue weighted by Crippen LogP contribution is 2.48. The van der Waals surface area contributed by atoms with Crippen molar-refractivity contribution in [2.24, 2.45) is 5.92 Å². The molecule has 2 aromatic rings. The second-order valence-electron chi connectivity index (χ2n) is 7.48. The number of rotatable bonds is 6. The van der Waals surface area contributed by atoms with Gasteiger partial charge in [-0.1, -0.05) is 48.5 Å². The predicted octanol–water partition coefficient (Wildman–Crippen LogP) is 3.64. The van der Waals surface area contributed by atoms with Crippen LogP contribution in [0.25, 0.3) is 0 Å². The second kappa shape index (κ2) is 8.82. The van der Waals surface area contributed by atoms with Crippen LogP contribution in [0, 0.1) is 5.92 Å². The highest BCUT2D eigenvalue weighted by Gasteiger charge is 2.46. The van der Waals surface area contributed by atoms with Crippen molar-refractivity contribution in [1.29, 1.82) is 0 Å². The van der Waals surface area contributed by atoms with E-state index in [0.717, 1.165) is 12.2 Å². The second-order valence-corrected chi connectivity index (χ2v) is 8.65. The molecule has 2 aliphatic rings. The molecule has 0 spiro atoms. The maximum absolute atomic E-state index is 12.8. The molecule has 1 saturated heterocycles. The molecule has 1 saturated carbocycles. The lowest BCUT2D eigenvalue weighted by molar-refractivity contribution is -0.140. The quantitative estimate of drug-likeness (QED) is 0.703. The van der Waals surface area contributed by atoms with E-state index in [-0.39, 0.29) is 17.7 Å². The van der Waals surface area contributed by atoms with Gasteiger partial charge in [0, 0.05) is 49.2 Å². The Morgan fingerprint density at radius 3 is 2.14 bits per heavy atom. The highest BCUT2D eigenvalue weighted by molar-refractivity contribution is 7.99. The lowest BCUT2D eigenvalue weighted by Gasteiger charge is -2.35. The normalized spacial score (nSPS) is 21.4. The molecule has 1 aliphatic carbocycles. The van der Waals surface area contributed by atoms with Crippen molar-refractivity contribution >= 4 is 23.6 Å². The van der Waals surface area contributed by atoms with Crippen LogP contribution in [0.3, 0.4) is 0 Å². The summed E-state index contributed by atoms with van der Waals surface area (Å²) in [6, 6.07) is 20.5. The molecule has 0 radical (unpaired) electrons. The van der Waals surface area contributed by atoms with Crippen LogP contribution in [-0.4, -0.2) is 53.5 Å². The number of nitrogens with zero attached hydrogens (tertiary/aromatic N) is 2.